The topological polar surface area (TPSA) is 21.3 Å². The van der Waals surface area contributed by atoms with Gasteiger partial charge in [0.05, 0.1) is 6.61 Å². The number of hydrogen-bond acceptors (Lipinski definition) is 2. The fourth-order valence-corrected chi connectivity index (χ4v) is 2.76. The van der Waals surface area contributed by atoms with Gasteiger partial charge in [0.15, 0.2) is 0 Å². The Morgan fingerprint density at radius 3 is 2.81 bits per heavy atom. The predicted molar refractivity (Wildman–Crippen MR) is 70.7 cm³/mol. The Morgan fingerprint density at radius 1 is 1.38 bits per heavy atom. The highest BCUT2D eigenvalue weighted by atomic mass is 79.9. The van der Waals surface area contributed by atoms with Crippen LogP contribution in [0.2, 0.25) is 0 Å². The second-order valence-corrected chi connectivity index (χ2v) is 5.18. The number of benzene rings is 1. The second kappa shape index (κ2) is 5.69. The van der Waals surface area contributed by atoms with E-state index in [0.717, 1.165) is 4.47 Å². The number of ether oxygens (including phenoxy) is 1. The van der Waals surface area contributed by atoms with Crippen LogP contribution in [0.5, 0.6) is 0 Å². The van der Waals surface area contributed by atoms with Crippen molar-refractivity contribution < 1.29 is 4.74 Å². The first-order chi connectivity index (χ1) is 7.81. The van der Waals surface area contributed by atoms with Crippen LogP contribution in [-0.4, -0.2) is 13.2 Å². The van der Waals surface area contributed by atoms with Crippen LogP contribution in [-0.2, 0) is 11.3 Å². The molecule has 0 atom stereocenters. The van der Waals surface area contributed by atoms with Gasteiger partial charge in [-0.05, 0) is 25.0 Å². The van der Waals surface area contributed by atoms with Crippen LogP contribution in [0.25, 0.3) is 0 Å². The molecule has 88 valence electrons. The molecule has 0 amide bonds. The predicted octanol–water partition coefficient (Wildman–Crippen LogP) is 3.95. The zero-order valence-corrected chi connectivity index (χ0v) is 11.2. The third kappa shape index (κ3) is 2.77. The molecule has 0 aromatic heterocycles. The lowest BCUT2D eigenvalue weighted by molar-refractivity contribution is 0.185. The number of hydrogen-bond donors (Lipinski definition) is 1. The number of rotatable bonds is 4. The average molecular weight is 284 g/mol. The standard InChI is InChI=1S/C13H18BrNO/c1-16-9-11-12(14)7-4-8-13(11)15-10-5-2-3-6-10/h4,7-8,10,15H,2-3,5-6,9H2,1H3. The summed E-state index contributed by atoms with van der Waals surface area (Å²) in [5, 5.41) is 3.63. The first-order valence-corrected chi connectivity index (χ1v) is 6.63. The second-order valence-electron chi connectivity index (χ2n) is 4.32. The van der Waals surface area contributed by atoms with Gasteiger partial charge in [0.1, 0.15) is 0 Å². The average Bonchev–Trinajstić information content (AvgIpc) is 2.76. The third-order valence-electron chi connectivity index (χ3n) is 3.12. The van der Waals surface area contributed by atoms with E-state index in [2.05, 4.69) is 39.4 Å². The molecule has 0 bridgehead atoms. The summed E-state index contributed by atoms with van der Waals surface area (Å²) in [6, 6.07) is 6.91. The quantitative estimate of drug-likeness (QED) is 0.904. The van der Waals surface area contributed by atoms with Gasteiger partial charge in [-0.15, -0.1) is 0 Å². The molecule has 0 saturated heterocycles. The molecule has 2 nitrogen and oxygen atoms in total. The fourth-order valence-electron chi connectivity index (χ4n) is 2.27. The highest BCUT2D eigenvalue weighted by Gasteiger charge is 2.16. The molecule has 1 aromatic rings. The van der Waals surface area contributed by atoms with Gasteiger partial charge in [0, 0.05) is 28.9 Å². The van der Waals surface area contributed by atoms with Crippen molar-refractivity contribution >= 4 is 21.6 Å². The van der Waals surface area contributed by atoms with E-state index >= 15 is 0 Å². The number of nitrogens with one attached hydrogen (secondary N) is 1. The van der Waals surface area contributed by atoms with Crippen molar-refractivity contribution in [1.29, 1.82) is 0 Å². The van der Waals surface area contributed by atoms with E-state index in [-0.39, 0.29) is 0 Å². The molecular formula is C13H18BrNO. The molecule has 16 heavy (non-hydrogen) atoms. The highest BCUT2D eigenvalue weighted by Crippen LogP contribution is 2.29. The van der Waals surface area contributed by atoms with Gasteiger partial charge in [-0.3, -0.25) is 0 Å². The van der Waals surface area contributed by atoms with Gasteiger partial charge in [-0.2, -0.15) is 0 Å². The molecule has 2 rings (SSSR count). The van der Waals surface area contributed by atoms with E-state index in [4.69, 9.17) is 4.74 Å². The van der Waals surface area contributed by atoms with E-state index in [1.165, 1.54) is 36.9 Å². The summed E-state index contributed by atoms with van der Waals surface area (Å²) in [4.78, 5) is 0. The van der Waals surface area contributed by atoms with Crippen LogP contribution in [0.15, 0.2) is 22.7 Å². The number of methoxy groups -OCH3 is 1. The van der Waals surface area contributed by atoms with E-state index in [0.29, 0.717) is 12.6 Å². The van der Waals surface area contributed by atoms with E-state index < -0.39 is 0 Å². The van der Waals surface area contributed by atoms with Crippen LogP contribution >= 0.6 is 15.9 Å². The zero-order chi connectivity index (χ0) is 11.4. The Labute approximate surface area is 106 Å². The molecule has 0 spiro atoms. The Kier molecular flexibility index (Phi) is 4.24. The summed E-state index contributed by atoms with van der Waals surface area (Å²) >= 11 is 3.58. The van der Waals surface area contributed by atoms with E-state index in [1.54, 1.807) is 7.11 Å². The Balaban J connectivity index is 2.14. The molecular weight excluding hydrogens is 266 g/mol. The van der Waals surface area contributed by atoms with Gasteiger partial charge in [-0.25, -0.2) is 0 Å². The van der Waals surface area contributed by atoms with Gasteiger partial charge in [0.25, 0.3) is 0 Å². The number of anilines is 1. The maximum absolute atomic E-state index is 5.24. The van der Waals surface area contributed by atoms with Crippen molar-refractivity contribution in [2.24, 2.45) is 0 Å². The van der Waals surface area contributed by atoms with Gasteiger partial charge < -0.3 is 10.1 Å². The molecule has 0 radical (unpaired) electrons. The molecule has 0 unspecified atom stereocenters. The van der Waals surface area contributed by atoms with Crippen molar-refractivity contribution in [1.82, 2.24) is 0 Å². The SMILES string of the molecule is COCc1c(Br)cccc1NC1CCCC1. The molecule has 1 aliphatic carbocycles. The summed E-state index contributed by atoms with van der Waals surface area (Å²) in [5.74, 6) is 0. The minimum atomic E-state index is 0.643. The van der Waals surface area contributed by atoms with Crippen LogP contribution in [0.1, 0.15) is 31.2 Å². The first kappa shape index (κ1) is 11.9. The monoisotopic (exact) mass is 283 g/mol. The van der Waals surface area contributed by atoms with Crippen molar-refractivity contribution in [2.45, 2.75) is 38.3 Å². The van der Waals surface area contributed by atoms with Gasteiger partial charge in [0.2, 0.25) is 0 Å². The Bertz CT molecular complexity index is 348. The summed E-state index contributed by atoms with van der Waals surface area (Å²) in [6.45, 7) is 0.649. The molecule has 1 saturated carbocycles. The van der Waals surface area contributed by atoms with Gasteiger partial charge >= 0.3 is 0 Å². The van der Waals surface area contributed by atoms with Crippen molar-refractivity contribution in [3.8, 4) is 0 Å². The molecule has 1 aliphatic rings. The number of halogens is 1. The minimum Gasteiger partial charge on any atom is -0.382 e. The third-order valence-corrected chi connectivity index (χ3v) is 3.87. The van der Waals surface area contributed by atoms with Crippen molar-refractivity contribution in [3.05, 3.63) is 28.2 Å². The molecule has 1 N–H and O–H groups in total. The lowest BCUT2D eigenvalue weighted by Crippen LogP contribution is -2.16. The first-order valence-electron chi connectivity index (χ1n) is 5.84. The normalized spacial score (nSPS) is 16.6. The van der Waals surface area contributed by atoms with Crippen molar-refractivity contribution in [2.75, 3.05) is 12.4 Å². The van der Waals surface area contributed by atoms with Gasteiger partial charge in [-0.1, -0.05) is 34.8 Å². The fraction of sp³-hybridized carbons (Fsp3) is 0.538. The van der Waals surface area contributed by atoms with Crippen LogP contribution < -0.4 is 5.32 Å². The van der Waals surface area contributed by atoms with Crippen LogP contribution in [0.3, 0.4) is 0 Å². The summed E-state index contributed by atoms with van der Waals surface area (Å²) in [6.07, 6.45) is 5.29. The lowest BCUT2D eigenvalue weighted by Gasteiger charge is -2.17. The largest absolute Gasteiger partial charge is 0.382 e. The Hall–Kier alpha value is -0.540. The van der Waals surface area contributed by atoms with E-state index in [9.17, 15) is 0 Å². The summed E-state index contributed by atoms with van der Waals surface area (Å²) in [7, 11) is 1.73. The summed E-state index contributed by atoms with van der Waals surface area (Å²) in [5.41, 5.74) is 2.43. The zero-order valence-electron chi connectivity index (χ0n) is 9.63. The minimum absolute atomic E-state index is 0.643. The molecule has 1 fully saturated rings. The molecule has 0 heterocycles. The van der Waals surface area contributed by atoms with Crippen LogP contribution in [0, 0.1) is 0 Å². The lowest BCUT2D eigenvalue weighted by atomic mass is 10.1. The molecule has 3 heteroatoms. The molecule has 0 aliphatic heterocycles. The van der Waals surface area contributed by atoms with E-state index in [1.807, 2.05) is 0 Å². The molecule has 1 aromatic carbocycles. The Morgan fingerprint density at radius 2 is 2.12 bits per heavy atom. The van der Waals surface area contributed by atoms with Crippen LogP contribution in [0.4, 0.5) is 5.69 Å². The maximum Gasteiger partial charge on any atom is 0.0744 e. The van der Waals surface area contributed by atoms with Crippen molar-refractivity contribution in [3.63, 3.8) is 0 Å². The maximum atomic E-state index is 5.24. The highest BCUT2D eigenvalue weighted by molar-refractivity contribution is 9.10. The smallest absolute Gasteiger partial charge is 0.0744 e. The summed E-state index contributed by atoms with van der Waals surface area (Å²) < 4.78 is 6.37.